The summed E-state index contributed by atoms with van der Waals surface area (Å²) >= 11 is 1.36. The van der Waals surface area contributed by atoms with Crippen molar-refractivity contribution in [3.63, 3.8) is 0 Å². The van der Waals surface area contributed by atoms with Crippen LogP contribution < -0.4 is 4.74 Å². The number of aryl methyl sites for hydroxylation is 1. The van der Waals surface area contributed by atoms with E-state index in [1.807, 2.05) is 0 Å². The Bertz CT molecular complexity index is 634. The third kappa shape index (κ3) is 3.89. The van der Waals surface area contributed by atoms with Gasteiger partial charge in [0.05, 0.1) is 10.6 Å². The molecule has 0 bridgehead atoms. The second kappa shape index (κ2) is 6.29. The number of aromatic nitrogens is 1. The first kappa shape index (κ1) is 14.2. The lowest BCUT2D eigenvalue weighted by atomic mass is 10.3. The number of thiazole rings is 1. The maximum Gasteiger partial charge on any atom is 0.328 e. The number of hydrogen-bond acceptors (Lipinski definition) is 4. The predicted octanol–water partition coefficient (Wildman–Crippen LogP) is 3.27. The highest BCUT2D eigenvalue weighted by Crippen LogP contribution is 2.21. The lowest BCUT2D eigenvalue weighted by Gasteiger charge is -2.02. The average Bonchev–Trinajstić information content (AvgIpc) is 2.76. The third-order valence-corrected chi connectivity index (χ3v) is 3.53. The highest BCUT2D eigenvalue weighted by atomic mass is 32.1. The minimum atomic E-state index is -0.998. The molecule has 1 N–H and O–H groups in total. The summed E-state index contributed by atoms with van der Waals surface area (Å²) < 4.78 is 18.2. The van der Waals surface area contributed by atoms with Crippen LogP contribution in [0.2, 0.25) is 0 Å². The van der Waals surface area contributed by atoms with Crippen molar-refractivity contribution in [2.45, 2.75) is 13.5 Å². The number of aliphatic carboxylic acids is 1. The summed E-state index contributed by atoms with van der Waals surface area (Å²) in [4.78, 5) is 15.6. The van der Waals surface area contributed by atoms with E-state index < -0.39 is 5.97 Å². The van der Waals surface area contributed by atoms with E-state index in [-0.39, 0.29) is 12.4 Å². The van der Waals surface area contributed by atoms with Crippen LogP contribution in [0, 0.1) is 12.7 Å². The van der Waals surface area contributed by atoms with E-state index in [2.05, 4.69) is 4.98 Å². The van der Waals surface area contributed by atoms with E-state index in [0.717, 1.165) is 21.7 Å². The van der Waals surface area contributed by atoms with Gasteiger partial charge in [-0.3, -0.25) is 0 Å². The van der Waals surface area contributed by atoms with Gasteiger partial charge in [-0.1, -0.05) is 0 Å². The van der Waals surface area contributed by atoms with Crippen molar-refractivity contribution < 1.29 is 19.0 Å². The second-order valence-corrected chi connectivity index (χ2v) is 5.09. The highest BCUT2D eigenvalue weighted by molar-refractivity contribution is 7.12. The molecule has 0 unspecified atom stereocenters. The van der Waals surface area contributed by atoms with Crippen molar-refractivity contribution in [3.05, 3.63) is 51.7 Å². The molecule has 2 rings (SSSR count). The van der Waals surface area contributed by atoms with Crippen molar-refractivity contribution in [2.24, 2.45) is 0 Å². The lowest BCUT2D eigenvalue weighted by molar-refractivity contribution is -0.131. The third-order valence-electron chi connectivity index (χ3n) is 2.43. The number of carboxylic acid groups (broad SMARTS) is 1. The molecular weight excluding hydrogens is 281 g/mol. The summed E-state index contributed by atoms with van der Waals surface area (Å²) in [7, 11) is 0. The lowest BCUT2D eigenvalue weighted by Crippen LogP contribution is -1.94. The molecule has 0 saturated heterocycles. The number of ether oxygens (including phenoxy) is 1. The molecule has 4 nitrogen and oxygen atoms in total. The van der Waals surface area contributed by atoms with Gasteiger partial charge in [0.1, 0.15) is 23.2 Å². The number of nitrogens with zero attached hydrogens (tertiary/aromatic N) is 1. The Morgan fingerprint density at radius 2 is 2.15 bits per heavy atom. The SMILES string of the molecule is Cc1nc(COc2ccc(F)cc2)sc1/C=C/C(=O)O. The molecule has 1 heterocycles. The molecule has 0 aliphatic carbocycles. The van der Waals surface area contributed by atoms with E-state index in [9.17, 15) is 9.18 Å². The van der Waals surface area contributed by atoms with Gasteiger partial charge in [-0.15, -0.1) is 11.3 Å². The Balaban J connectivity index is 2.01. The molecule has 104 valence electrons. The van der Waals surface area contributed by atoms with E-state index in [1.165, 1.54) is 29.5 Å². The number of rotatable bonds is 5. The van der Waals surface area contributed by atoms with Gasteiger partial charge in [0.2, 0.25) is 0 Å². The van der Waals surface area contributed by atoms with E-state index in [0.29, 0.717) is 5.75 Å². The van der Waals surface area contributed by atoms with Gasteiger partial charge < -0.3 is 9.84 Å². The van der Waals surface area contributed by atoms with E-state index in [1.54, 1.807) is 19.1 Å². The van der Waals surface area contributed by atoms with Crippen LogP contribution in [0.5, 0.6) is 5.75 Å². The fraction of sp³-hybridized carbons (Fsp3) is 0.143. The van der Waals surface area contributed by atoms with E-state index >= 15 is 0 Å². The molecule has 0 radical (unpaired) electrons. The van der Waals surface area contributed by atoms with Crippen molar-refractivity contribution in [1.29, 1.82) is 0 Å². The topological polar surface area (TPSA) is 59.4 Å². The van der Waals surface area contributed by atoms with Crippen molar-refractivity contribution >= 4 is 23.4 Å². The number of carboxylic acids is 1. The van der Waals surface area contributed by atoms with Gasteiger partial charge in [-0.05, 0) is 37.3 Å². The minimum Gasteiger partial charge on any atom is -0.486 e. The standard InChI is InChI=1S/C14H12FNO3S/c1-9-12(6-7-14(17)18)20-13(16-9)8-19-11-4-2-10(15)3-5-11/h2-7H,8H2,1H3,(H,17,18)/b7-6+. The molecule has 2 aromatic rings. The summed E-state index contributed by atoms with van der Waals surface area (Å²) in [5.41, 5.74) is 0.755. The van der Waals surface area contributed by atoms with Crippen LogP contribution in [-0.4, -0.2) is 16.1 Å². The first-order chi connectivity index (χ1) is 9.54. The van der Waals surface area contributed by atoms with Crippen LogP contribution in [0.15, 0.2) is 30.3 Å². The Labute approximate surface area is 119 Å². The zero-order chi connectivity index (χ0) is 14.5. The van der Waals surface area contributed by atoms with Gasteiger partial charge in [0.15, 0.2) is 0 Å². The first-order valence-electron chi connectivity index (χ1n) is 5.80. The quantitative estimate of drug-likeness (QED) is 0.860. The molecule has 0 aliphatic heterocycles. The smallest absolute Gasteiger partial charge is 0.328 e. The maximum atomic E-state index is 12.7. The Morgan fingerprint density at radius 3 is 2.80 bits per heavy atom. The molecule has 0 spiro atoms. The van der Waals surface area contributed by atoms with Crippen LogP contribution in [0.25, 0.3) is 6.08 Å². The number of halogens is 1. The monoisotopic (exact) mass is 293 g/mol. The summed E-state index contributed by atoms with van der Waals surface area (Å²) in [6.45, 7) is 2.07. The van der Waals surface area contributed by atoms with Gasteiger partial charge in [-0.2, -0.15) is 0 Å². The van der Waals surface area contributed by atoms with Crippen LogP contribution in [0.4, 0.5) is 4.39 Å². The Hall–Kier alpha value is -2.21. The molecule has 20 heavy (non-hydrogen) atoms. The molecule has 0 aliphatic rings. The Morgan fingerprint density at radius 1 is 1.45 bits per heavy atom. The van der Waals surface area contributed by atoms with Crippen LogP contribution in [0.1, 0.15) is 15.6 Å². The van der Waals surface area contributed by atoms with Gasteiger partial charge in [0, 0.05) is 6.08 Å². The summed E-state index contributed by atoms with van der Waals surface area (Å²) in [5, 5.41) is 9.32. The van der Waals surface area contributed by atoms with Gasteiger partial charge >= 0.3 is 5.97 Å². The molecule has 1 aromatic carbocycles. The maximum absolute atomic E-state index is 12.7. The largest absolute Gasteiger partial charge is 0.486 e. The fourth-order valence-corrected chi connectivity index (χ4v) is 2.39. The van der Waals surface area contributed by atoms with Gasteiger partial charge in [-0.25, -0.2) is 14.2 Å². The molecular formula is C14H12FNO3S. The zero-order valence-corrected chi connectivity index (χ0v) is 11.5. The van der Waals surface area contributed by atoms with Crippen LogP contribution >= 0.6 is 11.3 Å². The second-order valence-electron chi connectivity index (χ2n) is 3.97. The highest BCUT2D eigenvalue weighted by Gasteiger charge is 2.06. The molecule has 6 heteroatoms. The molecule has 0 atom stereocenters. The summed E-state index contributed by atoms with van der Waals surface area (Å²) in [6.07, 6.45) is 2.59. The normalized spacial score (nSPS) is 10.9. The summed E-state index contributed by atoms with van der Waals surface area (Å²) in [5.74, 6) is -0.757. The fourth-order valence-electron chi connectivity index (χ4n) is 1.50. The predicted molar refractivity (Wildman–Crippen MR) is 74.3 cm³/mol. The number of benzene rings is 1. The van der Waals surface area contributed by atoms with Crippen molar-refractivity contribution in [2.75, 3.05) is 0 Å². The Kier molecular flexibility index (Phi) is 4.47. The zero-order valence-electron chi connectivity index (χ0n) is 10.7. The molecule has 1 aromatic heterocycles. The van der Waals surface area contributed by atoms with Crippen molar-refractivity contribution in [1.82, 2.24) is 4.98 Å². The van der Waals surface area contributed by atoms with Crippen LogP contribution in [0.3, 0.4) is 0 Å². The minimum absolute atomic E-state index is 0.262. The summed E-state index contributed by atoms with van der Waals surface area (Å²) in [6, 6.07) is 5.73. The first-order valence-corrected chi connectivity index (χ1v) is 6.62. The van der Waals surface area contributed by atoms with Crippen molar-refractivity contribution in [3.8, 4) is 5.75 Å². The molecule has 0 amide bonds. The van der Waals surface area contributed by atoms with E-state index in [4.69, 9.17) is 9.84 Å². The van der Waals surface area contributed by atoms with Crippen LogP contribution in [-0.2, 0) is 11.4 Å². The number of hydrogen-bond donors (Lipinski definition) is 1. The molecule has 0 fully saturated rings. The molecule has 0 saturated carbocycles. The average molecular weight is 293 g/mol. The van der Waals surface area contributed by atoms with Gasteiger partial charge in [0.25, 0.3) is 0 Å². The number of carbonyl (C=O) groups is 1.